The van der Waals surface area contributed by atoms with E-state index in [1.165, 1.54) is 6.42 Å². The minimum absolute atomic E-state index is 0.00461. The number of guanidine groups is 1. The van der Waals surface area contributed by atoms with Crippen molar-refractivity contribution in [1.29, 1.82) is 0 Å². The van der Waals surface area contributed by atoms with Crippen LogP contribution < -0.4 is 5.32 Å². The summed E-state index contributed by atoms with van der Waals surface area (Å²) in [6.45, 7) is 13.1. The van der Waals surface area contributed by atoms with Gasteiger partial charge in [0.25, 0.3) is 0 Å². The third kappa shape index (κ3) is 7.49. The highest BCUT2D eigenvalue weighted by molar-refractivity contribution is 5.85. The molecule has 0 saturated carbocycles. The largest absolute Gasteiger partial charge is 0.356 e. The van der Waals surface area contributed by atoms with E-state index in [0.717, 1.165) is 58.2 Å². The van der Waals surface area contributed by atoms with Crippen molar-refractivity contribution >= 4 is 17.8 Å². The Morgan fingerprint density at radius 1 is 1.03 bits per heavy atom. The normalized spacial score (nSPS) is 23.8. The number of piperidine rings is 1. The maximum atomic E-state index is 12.7. The van der Waals surface area contributed by atoms with Crippen LogP contribution in [0, 0.1) is 11.8 Å². The van der Waals surface area contributed by atoms with Gasteiger partial charge < -0.3 is 20.0 Å². The van der Waals surface area contributed by atoms with Gasteiger partial charge in [-0.3, -0.25) is 14.5 Å². The molecule has 2 heterocycles. The van der Waals surface area contributed by atoms with Gasteiger partial charge in [-0.25, -0.2) is 4.99 Å². The highest BCUT2D eigenvalue weighted by Gasteiger charge is 2.28. The number of amides is 2. The first-order valence-corrected chi connectivity index (χ1v) is 11.0. The molecule has 8 nitrogen and oxygen atoms in total. The number of aliphatic imine (C=N–C) groups is 1. The summed E-state index contributed by atoms with van der Waals surface area (Å²) >= 11 is 0. The molecule has 0 aromatic heterocycles. The monoisotopic (exact) mass is 408 g/mol. The van der Waals surface area contributed by atoms with Crippen LogP contribution in [0.2, 0.25) is 0 Å². The van der Waals surface area contributed by atoms with Crippen molar-refractivity contribution in [3.05, 3.63) is 0 Å². The molecule has 2 aliphatic rings. The molecule has 2 amide bonds. The molecule has 0 aromatic rings. The summed E-state index contributed by atoms with van der Waals surface area (Å²) in [4.78, 5) is 37.2. The fraction of sp³-hybridized carbons (Fsp3) is 0.857. The summed E-state index contributed by atoms with van der Waals surface area (Å²) in [5.74, 6) is 2.23. The Kier molecular flexibility index (Phi) is 9.20. The molecule has 29 heavy (non-hydrogen) atoms. The van der Waals surface area contributed by atoms with E-state index < -0.39 is 0 Å². The number of hydrogen-bond donors (Lipinski definition) is 1. The van der Waals surface area contributed by atoms with Gasteiger partial charge in [-0.05, 0) is 24.7 Å². The Morgan fingerprint density at radius 3 is 2.21 bits per heavy atom. The Labute approximate surface area is 176 Å². The second-order valence-corrected chi connectivity index (χ2v) is 8.86. The lowest BCUT2D eigenvalue weighted by Crippen LogP contribution is -2.55. The average molecular weight is 409 g/mol. The molecule has 166 valence electrons. The third-order valence-corrected chi connectivity index (χ3v) is 5.65. The fourth-order valence-electron chi connectivity index (χ4n) is 4.06. The van der Waals surface area contributed by atoms with Crippen LogP contribution in [0.25, 0.3) is 0 Å². The Balaban J connectivity index is 1.85. The molecule has 2 rings (SSSR count). The lowest BCUT2D eigenvalue weighted by atomic mass is 9.92. The second-order valence-electron chi connectivity index (χ2n) is 8.86. The van der Waals surface area contributed by atoms with Gasteiger partial charge in [-0.15, -0.1) is 0 Å². The van der Waals surface area contributed by atoms with Gasteiger partial charge in [0.1, 0.15) is 6.54 Å². The smallest absolute Gasteiger partial charge is 0.243 e. The van der Waals surface area contributed by atoms with Crippen LogP contribution >= 0.6 is 0 Å². The van der Waals surface area contributed by atoms with Crippen LogP contribution in [0.15, 0.2) is 4.99 Å². The molecule has 0 aromatic carbocycles. The topological polar surface area (TPSA) is 71.5 Å². The van der Waals surface area contributed by atoms with Gasteiger partial charge >= 0.3 is 0 Å². The SMILES string of the molecule is CCCNC(=NCC(=O)N(C)C)N1CCN(CC(=O)N2CC(C)CC(C)C2)CC1. The number of hydrogen-bond acceptors (Lipinski definition) is 4. The van der Waals surface area contributed by atoms with Crippen molar-refractivity contribution in [2.24, 2.45) is 16.8 Å². The standard InChI is InChI=1S/C21H40N6O2/c1-6-7-22-21(23-13-19(28)24(4)5)26-10-8-25(9-11-26)16-20(29)27-14-17(2)12-18(3)15-27/h17-18H,6-16H2,1-5H3,(H,22,23). The van der Waals surface area contributed by atoms with E-state index in [9.17, 15) is 9.59 Å². The van der Waals surface area contributed by atoms with Gasteiger partial charge in [-0.2, -0.15) is 0 Å². The van der Waals surface area contributed by atoms with Gasteiger partial charge in [0.2, 0.25) is 11.8 Å². The van der Waals surface area contributed by atoms with Gasteiger partial charge in [-0.1, -0.05) is 20.8 Å². The van der Waals surface area contributed by atoms with Crippen LogP contribution in [-0.2, 0) is 9.59 Å². The first-order chi connectivity index (χ1) is 13.8. The molecule has 0 radical (unpaired) electrons. The van der Waals surface area contributed by atoms with Crippen molar-refractivity contribution < 1.29 is 9.59 Å². The van der Waals surface area contributed by atoms with Gasteiger partial charge in [0, 0.05) is 59.9 Å². The van der Waals surface area contributed by atoms with Gasteiger partial charge in [0.15, 0.2) is 5.96 Å². The lowest BCUT2D eigenvalue weighted by molar-refractivity contribution is -0.135. The highest BCUT2D eigenvalue weighted by atomic mass is 16.2. The highest BCUT2D eigenvalue weighted by Crippen LogP contribution is 2.21. The molecular formula is C21H40N6O2. The number of likely N-dealkylation sites (tertiary alicyclic amines) is 1. The van der Waals surface area contributed by atoms with E-state index in [2.05, 4.69) is 40.9 Å². The molecule has 0 bridgehead atoms. The first kappa shape index (κ1) is 23.4. The van der Waals surface area contributed by atoms with Crippen molar-refractivity contribution in [2.75, 3.05) is 73.0 Å². The molecule has 0 aliphatic carbocycles. The number of rotatable bonds is 6. The maximum Gasteiger partial charge on any atom is 0.243 e. The first-order valence-electron chi connectivity index (χ1n) is 11.0. The number of piperazine rings is 1. The molecule has 0 spiro atoms. The number of carbonyl (C=O) groups is 2. The summed E-state index contributed by atoms with van der Waals surface area (Å²) in [6.07, 6.45) is 2.22. The molecule has 2 fully saturated rings. The zero-order chi connectivity index (χ0) is 21.4. The minimum atomic E-state index is -0.00461. The fourth-order valence-corrected chi connectivity index (χ4v) is 4.06. The number of nitrogens with zero attached hydrogens (tertiary/aromatic N) is 5. The van der Waals surface area contributed by atoms with E-state index in [0.29, 0.717) is 18.4 Å². The molecule has 2 unspecified atom stereocenters. The van der Waals surface area contributed by atoms with Crippen LogP contribution in [0.4, 0.5) is 0 Å². The Hall–Kier alpha value is -1.83. The Bertz CT molecular complexity index is 562. The lowest BCUT2D eigenvalue weighted by Gasteiger charge is -2.39. The van der Waals surface area contributed by atoms with E-state index in [-0.39, 0.29) is 18.4 Å². The number of likely N-dealkylation sites (N-methyl/N-ethyl adjacent to an activating group) is 1. The quantitative estimate of drug-likeness (QED) is 0.513. The van der Waals surface area contributed by atoms with Crippen molar-refractivity contribution in [3.8, 4) is 0 Å². The molecule has 1 N–H and O–H groups in total. The summed E-state index contributed by atoms with van der Waals surface area (Å²) in [5.41, 5.74) is 0. The summed E-state index contributed by atoms with van der Waals surface area (Å²) in [6, 6.07) is 0. The second kappa shape index (κ2) is 11.4. The van der Waals surface area contributed by atoms with Crippen molar-refractivity contribution in [1.82, 2.24) is 24.9 Å². The summed E-state index contributed by atoms with van der Waals surface area (Å²) in [7, 11) is 3.49. The van der Waals surface area contributed by atoms with Crippen molar-refractivity contribution in [3.63, 3.8) is 0 Å². The van der Waals surface area contributed by atoms with Crippen LogP contribution in [-0.4, -0.2) is 110 Å². The molecule has 2 aliphatic heterocycles. The molecular weight excluding hydrogens is 368 g/mol. The molecule has 8 heteroatoms. The van der Waals surface area contributed by atoms with E-state index >= 15 is 0 Å². The third-order valence-electron chi connectivity index (χ3n) is 5.65. The van der Waals surface area contributed by atoms with Crippen molar-refractivity contribution in [2.45, 2.75) is 33.6 Å². The zero-order valence-electron chi connectivity index (χ0n) is 19.0. The predicted molar refractivity (Wildman–Crippen MR) is 117 cm³/mol. The minimum Gasteiger partial charge on any atom is -0.356 e. The van der Waals surface area contributed by atoms with E-state index in [1.54, 1.807) is 19.0 Å². The number of carbonyl (C=O) groups excluding carboxylic acids is 2. The predicted octanol–water partition coefficient (Wildman–Crippen LogP) is 0.552. The average Bonchev–Trinajstić information content (AvgIpc) is 2.67. The summed E-state index contributed by atoms with van der Waals surface area (Å²) < 4.78 is 0. The number of nitrogens with one attached hydrogen (secondary N) is 1. The van der Waals surface area contributed by atoms with Crippen LogP contribution in [0.5, 0.6) is 0 Å². The maximum absolute atomic E-state index is 12.7. The zero-order valence-corrected chi connectivity index (χ0v) is 19.0. The molecule has 2 atom stereocenters. The van der Waals surface area contributed by atoms with Crippen LogP contribution in [0.1, 0.15) is 33.6 Å². The van der Waals surface area contributed by atoms with E-state index in [1.807, 2.05) is 4.90 Å². The van der Waals surface area contributed by atoms with Gasteiger partial charge in [0.05, 0.1) is 6.54 Å². The Morgan fingerprint density at radius 2 is 1.66 bits per heavy atom. The summed E-state index contributed by atoms with van der Waals surface area (Å²) in [5, 5.41) is 3.36. The molecule has 2 saturated heterocycles. The van der Waals surface area contributed by atoms with E-state index in [4.69, 9.17) is 0 Å². The van der Waals surface area contributed by atoms with Crippen LogP contribution in [0.3, 0.4) is 0 Å².